The van der Waals surface area contributed by atoms with Crippen LogP contribution in [-0.2, 0) is 17.6 Å². The van der Waals surface area contributed by atoms with E-state index in [9.17, 15) is 9.59 Å². The molecule has 1 fully saturated rings. The average molecular weight is 365 g/mol. The molecule has 2 aromatic heterocycles. The fourth-order valence-corrected chi connectivity index (χ4v) is 3.46. The molecular formula is C20H23N5O2. The van der Waals surface area contributed by atoms with Gasteiger partial charge in [-0.1, -0.05) is 6.92 Å². The van der Waals surface area contributed by atoms with Crippen LogP contribution in [0.2, 0.25) is 0 Å². The van der Waals surface area contributed by atoms with Gasteiger partial charge in [-0.05, 0) is 29.8 Å². The third kappa shape index (κ3) is 3.58. The molecule has 1 saturated heterocycles. The molecule has 27 heavy (non-hydrogen) atoms. The molecule has 7 heteroatoms. The Labute approximate surface area is 157 Å². The lowest BCUT2D eigenvalue weighted by Crippen LogP contribution is -2.51. The van der Waals surface area contributed by atoms with Crippen LogP contribution < -0.4 is 0 Å². The summed E-state index contributed by atoms with van der Waals surface area (Å²) in [5.41, 5.74) is 3.40. The van der Waals surface area contributed by atoms with Crippen LogP contribution in [0.5, 0.6) is 0 Å². The van der Waals surface area contributed by atoms with Crippen molar-refractivity contribution in [3.05, 3.63) is 53.6 Å². The molecule has 2 N–H and O–H groups in total. The third-order valence-corrected chi connectivity index (χ3v) is 5.05. The highest BCUT2D eigenvalue weighted by atomic mass is 16.2. The number of piperazine rings is 1. The molecule has 1 aromatic carbocycles. The van der Waals surface area contributed by atoms with Crippen LogP contribution in [0, 0.1) is 0 Å². The molecule has 3 aromatic rings. The highest BCUT2D eigenvalue weighted by Gasteiger charge is 2.25. The van der Waals surface area contributed by atoms with E-state index in [0.29, 0.717) is 38.2 Å². The highest BCUT2D eigenvalue weighted by Crippen LogP contribution is 2.17. The summed E-state index contributed by atoms with van der Waals surface area (Å²) in [5.74, 6) is 1.03. The lowest BCUT2D eigenvalue weighted by Gasteiger charge is -2.34. The summed E-state index contributed by atoms with van der Waals surface area (Å²) >= 11 is 0. The smallest absolute Gasteiger partial charge is 0.254 e. The van der Waals surface area contributed by atoms with Crippen LogP contribution in [0.3, 0.4) is 0 Å². The van der Waals surface area contributed by atoms with Crippen molar-refractivity contribution < 1.29 is 9.59 Å². The Morgan fingerprint density at radius 1 is 1.11 bits per heavy atom. The van der Waals surface area contributed by atoms with Crippen molar-refractivity contribution in [2.45, 2.75) is 19.8 Å². The Hall–Kier alpha value is -3.09. The number of aromatic amines is 2. The molecule has 0 radical (unpaired) electrons. The SMILES string of the molecule is CCc1nc2ccc(C(=O)N3CCN(C(=O)Cc4cc[nH]c4)CC3)cc2[nH]1. The van der Waals surface area contributed by atoms with E-state index in [1.807, 2.05) is 53.4 Å². The number of imidazole rings is 1. The Balaban J connectivity index is 1.38. The van der Waals surface area contributed by atoms with E-state index in [1.54, 1.807) is 0 Å². The zero-order chi connectivity index (χ0) is 18.8. The summed E-state index contributed by atoms with van der Waals surface area (Å²) in [6, 6.07) is 7.49. The first kappa shape index (κ1) is 17.3. The third-order valence-electron chi connectivity index (χ3n) is 5.05. The molecule has 7 nitrogen and oxygen atoms in total. The standard InChI is InChI=1S/C20H23N5O2/c1-2-18-22-16-4-3-15(12-17(16)23-18)20(27)25-9-7-24(8-10-25)19(26)11-14-5-6-21-13-14/h3-6,12-13,21H,2,7-11H2,1H3,(H,22,23). The summed E-state index contributed by atoms with van der Waals surface area (Å²) in [4.78, 5) is 39.6. The number of aromatic nitrogens is 3. The molecule has 140 valence electrons. The van der Waals surface area contributed by atoms with E-state index in [4.69, 9.17) is 0 Å². The molecule has 3 heterocycles. The maximum absolute atomic E-state index is 12.8. The zero-order valence-corrected chi connectivity index (χ0v) is 15.4. The number of benzene rings is 1. The molecule has 0 aliphatic carbocycles. The number of amides is 2. The lowest BCUT2D eigenvalue weighted by atomic mass is 10.1. The number of carbonyl (C=O) groups excluding carboxylic acids is 2. The minimum atomic E-state index is 0.00211. The first-order chi connectivity index (χ1) is 13.1. The van der Waals surface area contributed by atoms with Gasteiger partial charge in [-0.2, -0.15) is 0 Å². The molecule has 1 aliphatic heterocycles. The number of nitrogens with zero attached hydrogens (tertiary/aromatic N) is 3. The van der Waals surface area contributed by atoms with Gasteiger partial charge < -0.3 is 19.8 Å². The Morgan fingerprint density at radius 2 is 1.89 bits per heavy atom. The van der Waals surface area contributed by atoms with Gasteiger partial charge in [0, 0.05) is 50.6 Å². The van der Waals surface area contributed by atoms with Crippen LogP contribution in [0.25, 0.3) is 11.0 Å². The molecule has 0 atom stereocenters. The number of rotatable bonds is 4. The predicted octanol–water partition coefficient (Wildman–Crippen LogP) is 1.98. The summed E-state index contributed by atoms with van der Waals surface area (Å²) in [6.45, 7) is 4.29. The van der Waals surface area contributed by atoms with E-state index in [0.717, 1.165) is 28.8 Å². The second-order valence-electron chi connectivity index (χ2n) is 6.84. The second kappa shape index (κ2) is 7.26. The topological polar surface area (TPSA) is 85.1 Å². The summed E-state index contributed by atoms with van der Waals surface area (Å²) < 4.78 is 0. The zero-order valence-electron chi connectivity index (χ0n) is 15.4. The van der Waals surface area contributed by atoms with Gasteiger partial charge in [0.15, 0.2) is 0 Å². The largest absolute Gasteiger partial charge is 0.367 e. The maximum atomic E-state index is 12.8. The minimum absolute atomic E-state index is 0.00211. The van der Waals surface area contributed by atoms with Crippen molar-refractivity contribution in [3.8, 4) is 0 Å². The van der Waals surface area contributed by atoms with Crippen molar-refractivity contribution in [1.29, 1.82) is 0 Å². The first-order valence-electron chi connectivity index (χ1n) is 9.31. The van der Waals surface area contributed by atoms with Gasteiger partial charge in [-0.25, -0.2) is 4.98 Å². The van der Waals surface area contributed by atoms with E-state index in [2.05, 4.69) is 15.0 Å². The summed E-state index contributed by atoms with van der Waals surface area (Å²) in [6.07, 6.45) is 4.89. The van der Waals surface area contributed by atoms with Gasteiger partial charge in [0.05, 0.1) is 17.5 Å². The van der Waals surface area contributed by atoms with Crippen LogP contribution >= 0.6 is 0 Å². The number of hydrogen-bond donors (Lipinski definition) is 2. The number of hydrogen-bond acceptors (Lipinski definition) is 3. The molecule has 1 aliphatic rings. The maximum Gasteiger partial charge on any atom is 0.254 e. The van der Waals surface area contributed by atoms with Crippen molar-refractivity contribution in [1.82, 2.24) is 24.8 Å². The first-order valence-corrected chi connectivity index (χ1v) is 9.31. The Bertz CT molecular complexity index is 952. The van der Waals surface area contributed by atoms with Crippen molar-refractivity contribution >= 4 is 22.8 Å². The molecule has 4 rings (SSSR count). The van der Waals surface area contributed by atoms with Gasteiger partial charge in [0.1, 0.15) is 5.82 Å². The number of fused-ring (bicyclic) bond motifs is 1. The summed E-state index contributed by atoms with van der Waals surface area (Å²) in [5, 5.41) is 0. The number of aryl methyl sites for hydroxylation is 1. The van der Waals surface area contributed by atoms with Crippen LogP contribution in [0.15, 0.2) is 36.7 Å². The Kier molecular flexibility index (Phi) is 4.66. The second-order valence-corrected chi connectivity index (χ2v) is 6.84. The molecule has 0 saturated carbocycles. The van der Waals surface area contributed by atoms with E-state index in [1.165, 1.54) is 0 Å². The van der Waals surface area contributed by atoms with Crippen molar-refractivity contribution in [3.63, 3.8) is 0 Å². The summed E-state index contributed by atoms with van der Waals surface area (Å²) in [7, 11) is 0. The molecule has 0 bridgehead atoms. The Morgan fingerprint density at radius 3 is 2.59 bits per heavy atom. The molecule has 0 unspecified atom stereocenters. The van der Waals surface area contributed by atoms with E-state index < -0.39 is 0 Å². The van der Waals surface area contributed by atoms with Crippen LogP contribution in [-0.4, -0.2) is 62.7 Å². The van der Waals surface area contributed by atoms with Gasteiger partial charge in [0.2, 0.25) is 5.91 Å². The molecular weight excluding hydrogens is 342 g/mol. The van der Waals surface area contributed by atoms with Crippen LogP contribution in [0.1, 0.15) is 28.7 Å². The van der Waals surface area contributed by atoms with Crippen molar-refractivity contribution in [2.75, 3.05) is 26.2 Å². The normalized spacial score (nSPS) is 14.7. The highest BCUT2D eigenvalue weighted by molar-refractivity contribution is 5.97. The minimum Gasteiger partial charge on any atom is -0.367 e. The lowest BCUT2D eigenvalue weighted by molar-refractivity contribution is -0.131. The fourth-order valence-electron chi connectivity index (χ4n) is 3.46. The fraction of sp³-hybridized carbons (Fsp3) is 0.350. The van der Waals surface area contributed by atoms with E-state index >= 15 is 0 Å². The quantitative estimate of drug-likeness (QED) is 0.741. The average Bonchev–Trinajstić information content (AvgIpc) is 3.36. The number of carbonyl (C=O) groups is 2. The van der Waals surface area contributed by atoms with Gasteiger partial charge in [0.25, 0.3) is 5.91 Å². The van der Waals surface area contributed by atoms with Crippen LogP contribution in [0.4, 0.5) is 0 Å². The van der Waals surface area contributed by atoms with Gasteiger partial charge >= 0.3 is 0 Å². The number of nitrogens with one attached hydrogen (secondary N) is 2. The predicted molar refractivity (Wildman–Crippen MR) is 102 cm³/mol. The molecule has 0 spiro atoms. The monoisotopic (exact) mass is 365 g/mol. The van der Waals surface area contributed by atoms with Gasteiger partial charge in [-0.15, -0.1) is 0 Å². The number of H-pyrrole nitrogens is 2. The van der Waals surface area contributed by atoms with Crippen molar-refractivity contribution in [2.24, 2.45) is 0 Å². The van der Waals surface area contributed by atoms with E-state index in [-0.39, 0.29) is 11.8 Å². The molecule has 2 amide bonds. The van der Waals surface area contributed by atoms with Gasteiger partial charge in [-0.3, -0.25) is 9.59 Å².